The van der Waals surface area contributed by atoms with Gasteiger partial charge in [-0.15, -0.1) is 0 Å². The minimum atomic E-state index is -0.874. The van der Waals surface area contributed by atoms with E-state index in [-0.39, 0.29) is 19.6 Å². The van der Waals surface area contributed by atoms with E-state index >= 15 is 0 Å². The largest absolute Gasteiger partial charge is 0.394 e. The van der Waals surface area contributed by atoms with Crippen LogP contribution >= 0.6 is 15.9 Å². The second-order valence-corrected chi connectivity index (χ2v) is 6.59. The van der Waals surface area contributed by atoms with Crippen molar-refractivity contribution in [1.82, 2.24) is 9.13 Å². The molecule has 1 aromatic carbocycles. The molecule has 138 valence electrons. The summed E-state index contributed by atoms with van der Waals surface area (Å²) in [6.45, 7) is -0.217. The highest BCUT2D eigenvalue weighted by Crippen LogP contribution is 2.27. The first-order valence-corrected chi connectivity index (χ1v) is 9.07. The first kappa shape index (κ1) is 18.8. The van der Waals surface area contributed by atoms with Gasteiger partial charge in [0.1, 0.15) is 12.3 Å². The van der Waals surface area contributed by atoms with E-state index in [0.717, 1.165) is 10.1 Å². The number of hydrogen-bond acceptors (Lipinski definition) is 5. The van der Waals surface area contributed by atoms with E-state index in [1.807, 2.05) is 30.3 Å². The molecular weight excluding hydrogens is 404 g/mol. The number of aliphatic hydroxyl groups excluding tert-OH is 2. The molecule has 3 rings (SSSR count). The van der Waals surface area contributed by atoms with Gasteiger partial charge in [0.15, 0.2) is 0 Å². The third-order valence-corrected chi connectivity index (χ3v) is 4.61. The predicted molar refractivity (Wildman–Crippen MR) is 100 cm³/mol. The lowest BCUT2D eigenvalue weighted by Gasteiger charge is -2.17. The van der Waals surface area contributed by atoms with Crippen molar-refractivity contribution < 1.29 is 14.9 Å². The summed E-state index contributed by atoms with van der Waals surface area (Å²) >= 11 is 3.15. The number of hydrogen-bond donors (Lipinski definition) is 2. The molecule has 0 radical (unpaired) electrons. The van der Waals surface area contributed by atoms with E-state index < -0.39 is 29.7 Å². The van der Waals surface area contributed by atoms with Gasteiger partial charge < -0.3 is 14.9 Å². The zero-order chi connectivity index (χ0) is 18.7. The van der Waals surface area contributed by atoms with Gasteiger partial charge in [-0.25, -0.2) is 4.79 Å². The molecular formula is C18H19BrN2O5. The molecule has 0 amide bonds. The molecule has 1 aromatic heterocycles. The quantitative estimate of drug-likeness (QED) is 0.751. The summed E-state index contributed by atoms with van der Waals surface area (Å²) in [5.41, 5.74) is 0.186. The monoisotopic (exact) mass is 422 g/mol. The molecule has 1 aliphatic heterocycles. The fourth-order valence-corrected chi connectivity index (χ4v) is 3.27. The predicted octanol–water partition coefficient (Wildman–Crippen LogP) is 1.06. The van der Waals surface area contributed by atoms with Crippen molar-refractivity contribution in [3.63, 3.8) is 0 Å². The van der Waals surface area contributed by atoms with Gasteiger partial charge in [0.25, 0.3) is 5.56 Å². The first-order chi connectivity index (χ1) is 12.5. The molecule has 1 unspecified atom stereocenters. The lowest BCUT2D eigenvalue weighted by Crippen LogP contribution is -2.42. The summed E-state index contributed by atoms with van der Waals surface area (Å²) in [6, 6.07) is 9.20. The van der Waals surface area contributed by atoms with Gasteiger partial charge in [0.05, 0.1) is 24.8 Å². The molecule has 2 aromatic rings. The Morgan fingerprint density at radius 2 is 2.00 bits per heavy atom. The van der Waals surface area contributed by atoms with E-state index in [1.165, 1.54) is 15.7 Å². The number of benzene rings is 1. The van der Waals surface area contributed by atoms with Gasteiger partial charge in [0.2, 0.25) is 0 Å². The maximum absolute atomic E-state index is 12.9. The van der Waals surface area contributed by atoms with Crippen LogP contribution in [0.5, 0.6) is 0 Å². The van der Waals surface area contributed by atoms with Crippen LogP contribution in [-0.2, 0) is 11.3 Å². The molecule has 0 spiro atoms. The third-order valence-electron chi connectivity index (χ3n) is 4.34. The SMILES string of the molecule is O=c1c(/C=C/Br)cn([C@@H]2CC(O)[C@H](CO)O2)c(=O)n1Cc1ccccc1. The molecule has 3 atom stereocenters. The Morgan fingerprint density at radius 3 is 2.62 bits per heavy atom. The number of aliphatic hydroxyl groups is 2. The fourth-order valence-electron chi connectivity index (χ4n) is 2.99. The molecule has 0 aliphatic carbocycles. The average molecular weight is 423 g/mol. The van der Waals surface area contributed by atoms with E-state index in [4.69, 9.17) is 4.74 Å². The summed E-state index contributed by atoms with van der Waals surface area (Å²) in [7, 11) is 0. The molecule has 1 saturated heterocycles. The van der Waals surface area contributed by atoms with E-state index in [2.05, 4.69) is 15.9 Å². The normalized spacial score (nSPS) is 23.0. The third kappa shape index (κ3) is 3.73. The summed E-state index contributed by atoms with van der Waals surface area (Å²) in [4.78, 5) is 27.1. The minimum absolute atomic E-state index is 0.126. The molecule has 8 heteroatoms. The molecule has 1 fully saturated rings. The molecule has 2 N–H and O–H groups in total. The van der Waals surface area contributed by atoms with Gasteiger partial charge >= 0.3 is 5.69 Å². The lowest BCUT2D eigenvalue weighted by molar-refractivity contribution is -0.0463. The van der Waals surface area contributed by atoms with Crippen LogP contribution in [0.25, 0.3) is 6.08 Å². The van der Waals surface area contributed by atoms with Gasteiger partial charge in [-0.1, -0.05) is 46.3 Å². The van der Waals surface area contributed by atoms with Crippen molar-refractivity contribution in [1.29, 1.82) is 0 Å². The van der Waals surface area contributed by atoms with Crippen LogP contribution < -0.4 is 11.2 Å². The maximum atomic E-state index is 12.9. The summed E-state index contributed by atoms with van der Waals surface area (Å²) in [6.07, 6.45) is 0.750. The van der Waals surface area contributed by atoms with Crippen molar-refractivity contribution in [3.8, 4) is 0 Å². The van der Waals surface area contributed by atoms with Crippen LogP contribution in [0, 0.1) is 0 Å². The summed E-state index contributed by atoms with van der Waals surface area (Å²) < 4.78 is 8.02. The number of ether oxygens (including phenoxy) is 1. The zero-order valence-corrected chi connectivity index (χ0v) is 15.4. The number of rotatable bonds is 5. The molecule has 0 bridgehead atoms. The smallest absolute Gasteiger partial charge is 0.333 e. The fraction of sp³-hybridized carbons (Fsp3) is 0.333. The molecule has 1 aliphatic rings. The van der Waals surface area contributed by atoms with Gasteiger partial charge in [0, 0.05) is 12.6 Å². The number of aromatic nitrogens is 2. The van der Waals surface area contributed by atoms with Crippen LogP contribution in [0.2, 0.25) is 0 Å². The lowest BCUT2D eigenvalue weighted by atomic mass is 10.2. The molecule has 7 nitrogen and oxygen atoms in total. The van der Waals surface area contributed by atoms with Crippen LogP contribution in [0.4, 0.5) is 0 Å². The van der Waals surface area contributed by atoms with Crippen molar-refractivity contribution in [2.24, 2.45) is 0 Å². The topological polar surface area (TPSA) is 93.7 Å². The summed E-state index contributed by atoms with van der Waals surface area (Å²) in [5.74, 6) is 0. The number of nitrogens with zero attached hydrogens (tertiary/aromatic N) is 2. The van der Waals surface area contributed by atoms with Crippen LogP contribution in [0.1, 0.15) is 23.8 Å². The zero-order valence-electron chi connectivity index (χ0n) is 13.9. The second-order valence-electron chi connectivity index (χ2n) is 6.06. The van der Waals surface area contributed by atoms with Gasteiger partial charge in [-0.3, -0.25) is 13.9 Å². The minimum Gasteiger partial charge on any atom is -0.394 e. The van der Waals surface area contributed by atoms with E-state index in [0.29, 0.717) is 5.56 Å². The standard InChI is InChI=1S/C18H19BrN2O5/c19-7-6-13-10-20(16-8-14(23)15(11-22)26-16)18(25)21(17(13)24)9-12-4-2-1-3-5-12/h1-7,10,14-16,22-23H,8-9,11H2/b7-6+/t14?,15-,16-/m0/s1. The van der Waals surface area contributed by atoms with Crippen molar-refractivity contribution in [3.05, 3.63) is 73.5 Å². The highest BCUT2D eigenvalue weighted by atomic mass is 79.9. The highest BCUT2D eigenvalue weighted by molar-refractivity contribution is 9.11. The Bertz CT molecular complexity index is 906. The van der Waals surface area contributed by atoms with Gasteiger partial charge in [-0.2, -0.15) is 0 Å². The Balaban J connectivity index is 2.08. The summed E-state index contributed by atoms with van der Waals surface area (Å²) in [5, 5.41) is 19.2. The first-order valence-electron chi connectivity index (χ1n) is 8.16. The Labute approximate surface area is 157 Å². The molecule has 0 saturated carbocycles. The van der Waals surface area contributed by atoms with E-state index in [9.17, 15) is 19.8 Å². The van der Waals surface area contributed by atoms with Gasteiger partial charge in [-0.05, 0) is 16.6 Å². The van der Waals surface area contributed by atoms with Crippen molar-refractivity contribution in [2.45, 2.75) is 31.4 Å². The second kappa shape index (κ2) is 8.13. The Morgan fingerprint density at radius 1 is 1.27 bits per heavy atom. The van der Waals surface area contributed by atoms with Crippen molar-refractivity contribution >= 4 is 22.0 Å². The molecule has 26 heavy (non-hydrogen) atoms. The molecule has 2 heterocycles. The van der Waals surface area contributed by atoms with E-state index in [1.54, 1.807) is 6.08 Å². The Hall–Kier alpha value is -2.00. The average Bonchev–Trinajstić information content (AvgIpc) is 3.02. The van der Waals surface area contributed by atoms with Crippen LogP contribution in [0.15, 0.2) is 51.1 Å². The number of halogens is 1. The van der Waals surface area contributed by atoms with Crippen LogP contribution in [0.3, 0.4) is 0 Å². The maximum Gasteiger partial charge on any atom is 0.333 e. The Kier molecular flexibility index (Phi) is 5.87. The van der Waals surface area contributed by atoms with Crippen molar-refractivity contribution in [2.75, 3.05) is 6.61 Å². The highest BCUT2D eigenvalue weighted by Gasteiger charge is 2.35. The van der Waals surface area contributed by atoms with Crippen LogP contribution in [-0.4, -0.2) is 38.2 Å².